The van der Waals surface area contributed by atoms with Gasteiger partial charge in [-0.15, -0.1) is 0 Å². The van der Waals surface area contributed by atoms with Gasteiger partial charge in [-0.3, -0.25) is 0 Å². The number of nitrogens with one attached hydrogen (secondary N) is 1. The molecular weight excluding hydrogens is 160 g/mol. The Labute approximate surface area is 81.7 Å². The lowest BCUT2D eigenvalue weighted by Gasteiger charge is -2.24. The molecule has 76 valence electrons. The van der Waals surface area contributed by atoms with Gasteiger partial charge in [-0.2, -0.15) is 0 Å². The van der Waals surface area contributed by atoms with Crippen LogP contribution in [0.15, 0.2) is 0 Å². The molecule has 2 nitrogen and oxygen atoms in total. The van der Waals surface area contributed by atoms with E-state index in [-0.39, 0.29) is 0 Å². The molecule has 2 aliphatic rings. The van der Waals surface area contributed by atoms with Crippen molar-refractivity contribution < 1.29 is 0 Å². The molecule has 0 radical (unpaired) electrons. The molecule has 0 spiro atoms. The van der Waals surface area contributed by atoms with Crippen molar-refractivity contribution in [3.05, 3.63) is 0 Å². The average molecular weight is 182 g/mol. The fraction of sp³-hybridized carbons (Fsp3) is 1.00. The third-order valence-electron chi connectivity index (χ3n) is 3.48. The summed E-state index contributed by atoms with van der Waals surface area (Å²) in [5.74, 6) is 1.93. The number of rotatable bonds is 3. The minimum Gasteiger partial charge on any atom is -0.311 e. The maximum Gasteiger partial charge on any atom is 0.0158 e. The zero-order valence-corrected chi connectivity index (χ0v) is 9.25. The molecule has 0 bridgehead atoms. The van der Waals surface area contributed by atoms with Gasteiger partial charge in [0.05, 0.1) is 0 Å². The number of hydrogen-bond acceptors (Lipinski definition) is 2. The van der Waals surface area contributed by atoms with Crippen molar-refractivity contribution in [2.45, 2.75) is 45.8 Å². The van der Waals surface area contributed by atoms with E-state index in [9.17, 15) is 0 Å². The third kappa shape index (κ3) is 1.75. The summed E-state index contributed by atoms with van der Waals surface area (Å²) in [5, 5.41) is 3.65. The minimum absolute atomic E-state index is 0.656. The quantitative estimate of drug-likeness (QED) is 0.708. The highest BCUT2D eigenvalue weighted by Gasteiger charge is 2.55. The van der Waals surface area contributed by atoms with Crippen LogP contribution < -0.4 is 5.32 Å². The monoisotopic (exact) mass is 182 g/mol. The van der Waals surface area contributed by atoms with Gasteiger partial charge in [-0.1, -0.05) is 13.8 Å². The van der Waals surface area contributed by atoms with E-state index in [0.717, 1.165) is 23.9 Å². The van der Waals surface area contributed by atoms with Crippen molar-refractivity contribution >= 4 is 0 Å². The predicted molar refractivity (Wildman–Crippen MR) is 55.7 cm³/mol. The third-order valence-corrected chi connectivity index (χ3v) is 3.48. The zero-order valence-electron chi connectivity index (χ0n) is 9.25. The van der Waals surface area contributed by atoms with E-state index in [1.165, 1.54) is 13.1 Å². The maximum absolute atomic E-state index is 3.65. The van der Waals surface area contributed by atoms with E-state index in [0.29, 0.717) is 6.04 Å². The molecule has 0 aromatic carbocycles. The topological polar surface area (TPSA) is 15.3 Å². The van der Waals surface area contributed by atoms with Crippen LogP contribution in [0.5, 0.6) is 0 Å². The summed E-state index contributed by atoms with van der Waals surface area (Å²) in [6.07, 6.45) is 0. The first-order valence-electron chi connectivity index (χ1n) is 5.59. The van der Waals surface area contributed by atoms with Crippen LogP contribution in [0.2, 0.25) is 0 Å². The van der Waals surface area contributed by atoms with Crippen molar-refractivity contribution in [3.63, 3.8) is 0 Å². The summed E-state index contributed by atoms with van der Waals surface area (Å²) in [4.78, 5) is 2.60. The molecule has 1 aliphatic carbocycles. The summed E-state index contributed by atoms with van der Waals surface area (Å²) >= 11 is 0. The van der Waals surface area contributed by atoms with E-state index in [2.05, 4.69) is 37.9 Å². The van der Waals surface area contributed by atoms with E-state index in [1.54, 1.807) is 0 Å². The minimum atomic E-state index is 0.656. The SMILES string of the molecule is CC(C)NC1[C@H]2CN(C(C)C)C[C@@H]12. The van der Waals surface area contributed by atoms with E-state index >= 15 is 0 Å². The first-order chi connectivity index (χ1) is 6.09. The maximum atomic E-state index is 3.65. The van der Waals surface area contributed by atoms with Gasteiger partial charge < -0.3 is 10.2 Å². The fourth-order valence-corrected chi connectivity index (χ4v) is 2.61. The molecule has 0 aromatic rings. The Balaban J connectivity index is 1.77. The number of nitrogens with zero attached hydrogens (tertiary/aromatic N) is 1. The standard InChI is InChI=1S/C11H22N2/c1-7(2)12-11-9-5-13(8(3)4)6-10(9)11/h7-12H,5-6H2,1-4H3/t9-,10+,11?. The molecule has 1 N–H and O–H groups in total. The van der Waals surface area contributed by atoms with Crippen molar-refractivity contribution in [1.82, 2.24) is 10.2 Å². The zero-order chi connectivity index (χ0) is 9.59. The molecule has 13 heavy (non-hydrogen) atoms. The molecule has 1 heterocycles. The molecule has 1 saturated heterocycles. The first-order valence-corrected chi connectivity index (χ1v) is 5.59. The molecule has 1 saturated carbocycles. The van der Waals surface area contributed by atoms with Crippen LogP contribution in [0.25, 0.3) is 0 Å². The van der Waals surface area contributed by atoms with Gasteiger partial charge in [0.25, 0.3) is 0 Å². The average Bonchev–Trinajstić information content (AvgIpc) is 2.51. The van der Waals surface area contributed by atoms with Crippen LogP contribution in [0, 0.1) is 11.8 Å². The van der Waals surface area contributed by atoms with Crippen LogP contribution in [-0.4, -0.2) is 36.1 Å². The van der Waals surface area contributed by atoms with Gasteiger partial charge in [0, 0.05) is 31.2 Å². The lowest BCUT2D eigenvalue weighted by molar-refractivity contribution is 0.236. The smallest absolute Gasteiger partial charge is 0.0158 e. The van der Waals surface area contributed by atoms with Crippen molar-refractivity contribution in [3.8, 4) is 0 Å². The van der Waals surface area contributed by atoms with Crippen molar-refractivity contribution in [2.75, 3.05) is 13.1 Å². The lowest BCUT2D eigenvalue weighted by atomic mass is 10.3. The number of fused-ring (bicyclic) bond motifs is 1. The number of hydrogen-bond donors (Lipinski definition) is 1. The Morgan fingerprint density at radius 2 is 1.62 bits per heavy atom. The van der Waals surface area contributed by atoms with Crippen LogP contribution in [-0.2, 0) is 0 Å². The Kier molecular flexibility index (Phi) is 2.37. The van der Waals surface area contributed by atoms with Crippen LogP contribution in [0.4, 0.5) is 0 Å². The van der Waals surface area contributed by atoms with Gasteiger partial charge in [0.2, 0.25) is 0 Å². The Morgan fingerprint density at radius 1 is 1.08 bits per heavy atom. The molecule has 1 unspecified atom stereocenters. The summed E-state index contributed by atoms with van der Waals surface area (Å²) in [5.41, 5.74) is 0. The highest BCUT2D eigenvalue weighted by atomic mass is 15.2. The Hall–Kier alpha value is -0.0800. The predicted octanol–water partition coefficient (Wildman–Crippen LogP) is 1.32. The highest BCUT2D eigenvalue weighted by Crippen LogP contribution is 2.46. The normalized spacial score (nSPS) is 38.8. The van der Waals surface area contributed by atoms with Gasteiger partial charge in [-0.25, -0.2) is 0 Å². The Bertz CT molecular complexity index is 177. The van der Waals surface area contributed by atoms with Crippen LogP contribution >= 0.6 is 0 Å². The molecule has 2 fully saturated rings. The van der Waals surface area contributed by atoms with E-state index in [4.69, 9.17) is 0 Å². The summed E-state index contributed by atoms with van der Waals surface area (Å²) < 4.78 is 0. The highest BCUT2D eigenvalue weighted by molar-refractivity contribution is 5.10. The summed E-state index contributed by atoms with van der Waals surface area (Å²) in [6.45, 7) is 11.7. The fourth-order valence-electron chi connectivity index (χ4n) is 2.61. The number of likely N-dealkylation sites (tertiary alicyclic amines) is 1. The van der Waals surface area contributed by atoms with E-state index < -0.39 is 0 Å². The second kappa shape index (κ2) is 3.25. The second-order valence-electron chi connectivity index (χ2n) is 5.22. The van der Waals surface area contributed by atoms with E-state index in [1.807, 2.05) is 0 Å². The van der Waals surface area contributed by atoms with Gasteiger partial charge in [-0.05, 0) is 25.7 Å². The first kappa shape index (κ1) is 9.47. The van der Waals surface area contributed by atoms with Crippen LogP contribution in [0.3, 0.4) is 0 Å². The van der Waals surface area contributed by atoms with Gasteiger partial charge in [0.15, 0.2) is 0 Å². The lowest BCUT2D eigenvalue weighted by Crippen LogP contribution is -2.37. The molecule has 2 heteroatoms. The van der Waals surface area contributed by atoms with Crippen molar-refractivity contribution in [2.24, 2.45) is 11.8 Å². The van der Waals surface area contributed by atoms with Crippen molar-refractivity contribution in [1.29, 1.82) is 0 Å². The molecule has 1 aliphatic heterocycles. The van der Waals surface area contributed by atoms with Crippen LogP contribution in [0.1, 0.15) is 27.7 Å². The Morgan fingerprint density at radius 3 is 2.00 bits per heavy atom. The van der Waals surface area contributed by atoms with Gasteiger partial charge >= 0.3 is 0 Å². The molecule has 0 amide bonds. The molecular formula is C11H22N2. The van der Waals surface area contributed by atoms with Gasteiger partial charge in [0.1, 0.15) is 0 Å². The second-order valence-corrected chi connectivity index (χ2v) is 5.22. The number of piperidine rings is 1. The molecule has 3 atom stereocenters. The summed E-state index contributed by atoms with van der Waals surface area (Å²) in [6, 6.07) is 2.24. The summed E-state index contributed by atoms with van der Waals surface area (Å²) in [7, 11) is 0. The molecule has 0 aromatic heterocycles. The largest absolute Gasteiger partial charge is 0.311 e. The molecule has 2 rings (SSSR count).